The molecule has 0 atom stereocenters. The number of carbonyl (C=O) groups is 2. The topological polar surface area (TPSA) is 115 Å². The van der Waals surface area contributed by atoms with Crippen LogP contribution in [0.5, 0.6) is 11.5 Å². The Morgan fingerprint density at radius 2 is 1.81 bits per heavy atom. The van der Waals surface area contributed by atoms with Crippen molar-refractivity contribution >= 4 is 23.2 Å². The van der Waals surface area contributed by atoms with Crippen LogP contribution in [0.1, 0.15) is 20.8 Å². The Hall–Kier alpha value is -4.47. The molecule has 0 spiro atoms. The van der Waals surface area contributed by atoms with E-state index in [-0.39, 0.29) is 16.9 Å². The Balaban J connectivity index is 1.68. The van der Waals surface area contributed by atoms with Gasteiger partial charge in [0, 0.05) is 17.8 Å². The highest BCUT2D eigenvalue weighted by molar-refractivity contribution is 6.03. The van der Waals surface area contributed by atoms with Crippen LogP contribution < -0.4 is 14.8 Å². The highest BCUT2D eigenvalue weighted by Crippen LogP contribution is 2.32. The van der Waals surface area contributed by atoms with E-state index in [0.717, 1.165) is 11.6 Å². The van der Waals surface area contributed by atoms with Gasteiger partial charge in [-0.25, -0.2) is 18.7 Å². The van der Waals surface area contributed by atoms with E-state index in [4.69, 9.17) is 14.6 Å². The fraction of sp³-hybridized carbons (Fsp3) is 0.0909. The predicted molar refractivity (Wildman–Crippen MR) is 113 cm³/mol. The molecule has 0 radical (unpaired) electrons. The van der Waals surface area contributed by atoms with Crippen molar-refractivity contribution in [1.82, 2.24) is 14.6 Å². The number of amides is 1. The molecule has 0 fully saturated rings. The fourth-order valence-electron chi connectivity index (χ4n) is 3.16. The summed E-state index contributed by atoms with van der Waals surface area (Å²) >= 11 is 0. The number of rotatable bonds is 6. The molecular formula is C22H17FN4O5. The Morgan fingerprint density at radius 1 is 1.03 bits per heavy atom. The highest BCUT2D eigenvalue weighted by Gasteiger charge is 2.17. The standard InChI is InChI=1S/C22H17FN4O5/c1-31-18-6-4-12(10-19(18)32-2)17-7-8-24-20-11-16(26-27(17)20)21(28)25-15-5-3-13(22(29)30)9-14(15)23/h3-11H,1-2H3,(H,25,28)(H,29,30). The summed E-state index contributed by atoms with van der Waals surface area (Å²) in [4.78, 5) is 27.8. The van der Waals surface area contributed by atoms with Crippen molar-refractivity contribution in [2.24, 2.45) is 0 Å². The monoisotopic (exact) mass is 436 g/mol. The fourth-order valence-corrected chi connectivity index (χ4v) is 3.16. The molecule has 2 aromatic heterocycles. The molecule has 1 amide bonds. The van der Waals surface area contributed by atoms with Gasteiger partial charge in [0.15, 0.2) is 22.8 Å². The zero-order valence-corrected chi connectivity index (χ0v) is 17.0. The van der Waals surface area contributed by atoms with Gasteiger partial charge in [-0.05, 0) is 42.5 Å². The minimum atomic E-state index is -1.27. The molecule has 0 bridgehead atoms. The molecule has 0 aliphatic carbocycles. The van der Waals surface area contributed by atoms with Crippen LogP contribution in [-0.2, 0) is 0 Å². The molecule has 2 N–H and O–H groups in total. The van der Waals surface area contributed by atoms with E-state index in [2.05, 4.69) is 15.4 Å². The molecule has 9 nitrogen and oxygen atoms in total. The number of carbonyl (C=O) groups excluding carboxylic acids is 1. The van der Waals surface area contributed by atoms with Gasteiger partial charge in [0.1, 0.15) is 5.82 Å². The third-order valence-corrected chi connectivity index (χ3v) is 4.73. The number of carboxylic acid groups (broad SMARTS) is 1. The Labute approximate surface area is 181 Å². The predicted octanol–water partition coefficient (Wildman–Crippen LogP) is 3.50. The lowest BCUT2D eigenvalue weighted by atomic mass is 10.1. The number of halogens is 1. The number of carboxylic acids is 1. The summed E-state index contributed by atoms with van der Waals surface area (Å²) < 4.78 is 26.3. The van der Waals surface area contributed by atoms with E-state index < -0.39 is 17.7 Å². The van der Waals surface area contributed by atoms with Crippen LogP contribution in [0.3, 0.4) is 0 Å². The summed E-state index contributed by atoms with van der Waals surface area (Å²) in [5.41, 5.74) is 1.42. The Morgan fingerprint density at radius 3 is 2.50 bits per heavy atom. The molecule has 0 saturated heterocycles. The maximum absolute atomic E-state index is 14.2. The van der Waals surface area contributed by atoms with Crippen molar-refractivity contribution in [2.75, 3.05) is 19.5 Å². The molecule has 0 aliphatic rings. The van der Waals surface area contributed by atoms with Gasteiger partial charge in [-0.2, -0.15) is 5.10 Å². The van der Waals surface area contributed by atoms with Crippen LogP contribution >= 0.6 is 0 Å². The number of fused-ring (bicyclic) bond motifs is 1. The lowest BCUT2D eigenvalue weighted by Crippen LogP contribution is -2.14. The summed E-state index contributed by atoms with van der Waals surface area (Å²) in [6.07, 6.45) is 1.58. The van der Waals surface area contributed by atoms with Crippen molar-refractivity contribution in [3.8, 4) is 22.8 Å². The van der Waals surface area contributed by atoms with Gasteiger partial charge in [-0.15, -0.1) is 0 Å². The Bertz CT molecular complexity index is 1350. The normalized spacial score (nSPS) is 10.7. The van der Waals surface area contributed by atoms with E-state index in [1.807, 2.05) is 6.07 Å². The van der Waals surface area contributed by atoms with E-state index in [0.29, 0.717) is 22.8 Å². The second-order valence-corrected chi connectivity index (χ2v) is 6.65. The zero-order valence-electron chi connectivity index (χ0n) is 17.0. The minimum Gasteiger partial charge on any atom is -0.493 e. The van der Waals surface area contributed by atoms with Crippen molar-refractivity contribution < 1.29 is 28.6 Å². The minimum absolute atomic E-state index is 0.00661. The van der Waals surface area contributed by atoms with Gasteiger partial charge in [0.25, 0.3) is 5.91 Å². The number of nitrogens with zero attached hydrogens (tertiary/aromatic N) is 3. The van der Waals surface area contributed by atoms with Crippen LogP contribution in [0.4, 0.5) is 10.1 Å². The number of methoxy groups -OCH3 is 2. The molecule has 32 heavy (non-hydrogen) atoms. The quantitative estimate of drug-likeness (QED) is 0.475. The van der Waals surface area contributed by atoms with E-state index in [1.54, 1.807) is 31.5 Å². The summed E-state index contributed by atoms with van der Waals surface area (Å²) in [7, 11) is 3.07. The number of hydrogen-bond donors (Lipinski definition) is 2. The van der Waals surface area contributed by atoms with Crippen LogP contribution in [0.25, 0.3) is 16.9 Å². The molecule has 10 heteroatoms. The maximum Gasteiger partial charge on any atom is 0.335 e. The van der Waals surface area contributed by atoms with Gasteiger partial charge in [0.05, 0.1) is 31.2 Å². The number of ether oxygens (including phenoxy) is 2. The largest absolute Gasteiger partial charge is 0.493 e. The molecule has 2 aromatic carbocycles. The van der Waals surface area contributed by atoms with E-state index in [1.165, 1.54) is 29.8 Å². The van der Waals surface area contributed by atoms with Gasteiger partial charge < -0.3 is 19.9 Å². The van der Waals surface area contributed by atoms with Gasteiger partial charge >= 0.3 is 5.97 Å². The average Bonchev–Trinajstić information content (AvgIpc) is 3.24. The van der Waals surface area contributed by atoms with Crippen LogP contribution in [0.2, 0.25) is 0 Å². The first-order valence-electron chi connectivity index (χ1n) is 9.32. The third kappa shape index (κ3) is 3.81. The smallest absolute Gasteiger partial charge is 0.335 e. The van der Waals surface area contributed by atoms with Crippen molar-refractivity contribution in [3.63, 3.8) is 0 Å². The summed E-state index contributed by atoms with van der Waals surface area (Å²) in [5, 5.41) is 15.6. The van der Waals surface area contributed by atoms with Crippen molar-refractivity contribution in [3.05, 3.63) is 71.8 Å². The molecule has 0 aliphatic heterocycles. The van der Waals surface area contributed by atoms with Gasteiger partial charge in [0.2, 0.25) is 0 Å². The first kappa shape index (κ1) is 20.8. The highest BCUT2D eigenvalue weighted by atomic mass is 19.1. The van der Waals surface area contributed by atoms with E-state index in [9.17, 15) is 14.0 Å². The molecule has 4 rings (SSSR count). The van der Waals surface area contributed by atoms with Crippen LogP contribution in [0, 0.1) is 5.82 Å². The number of hydrogen-bond acceptors (Lipinski definition) is 6. The second-order valence-electron chi connectivity index (χ2n) is 6.65. The first-order chi connectivity index (χ1) is 15.4. The second kappa shape index (κ2) is 8.34. The number of nitrogens with one attached hydrogen (secondary N) is 1. The summed E-state index contributed by atoms with van der Waals surface area (Å²) in [6.45, 7) is 0. The van der Waals surface area contributed by atoms with Crippen molar-refractivity contribution in [1.29, 1.82) is 0 Å². The number of aromatic nitrogens is 3. The van der Waals surface area contributed by atoms with Crippen LogP contribution in [0.15, 0.2) is 54.7 Å². The number of benzene rings is 2. The molecular weight excluding hydrogens is 419 g/mol. The summed E-state index contributed by atoms with van der Waals surface area (Å²) in [6, 6.07) is 11.7. The number of aromatic carboxylic acids is 1. The lowest BCUT2D eigenvalue weighted by molar-refractivity contribution is 0.0696. The average molecular weight is 436 g/mol. The van der Waals surface area contributed by atoms with E-state index >= 15 is 0 Å². The zero-order chi connectivity index (χ0) is 22.8. The third-order valence-electron chi connectivity index (χ3n) is 4.73. The lowest BCUT2D eigenvalue weighted by Gasteiger charge is -2.10. The van der Waals surface area contributed by atoms with Gasteiger partial charge in [-0.3, -0.25) is 4.79 Å². The maximum atomic E-state index is 14.2. The molecule has 2 heterocycles. The van der Waals surface area contributed by atoms with Gasteiger partial charge in [-0.1, -0.05) is 0 Å². The number of anilines is 1. The Kier molecular flexibility index (Phi) is 5.42. The SMILES string of the molecule is COc1ccc(-c2ccnc3cc(C(=O)Nc4ccc(C(=O)O)cc4F)nn23)cc1OC. The first-order valence-corrected chi connectivity index (χ1v) is 9.32. The molecule has 162 valence electrons. The molecule has 0 saturated carbocycles. The van der Waals surface area contributed by atoms with Crippen molar-refractivity contribution in [2.45, 2.75) is 0 Å². The summed E-state index contributed by atoms with van der Waals surface area (Å²) in [5.74, 6) is -1.71. The molecule has 4 aromatic rings. The van der Waals surface area contributed by atoms with Crippen LogP contribution in [-0.4, -0.2) is 45.8 Å². The molecule has 0 unspecified atom stereocenters.